The van der Waals surface area contributed by atoms with Crippen molar-refractivity contribution in [3.63, 3.8) is 0 Å². The van der Waals surface area contributed by atoms with Crippen LogP contribution in [-0.4, -0.2) is 31.2 Å². The van der Waals surface area contributed by atoms with Gasteiger partial charge in [0.25, 0.3) is 0 Å². The molecule has 0 saturated heterocycles. The highest BCUT2D eigenvalue weighted by atomic mass is 16.5. The number of anilines is 1. The zero-order valence-electron chi connectivity index (χ0n) is 11.1. The quantitative estimate of drug-likeness (QED) is 0.821. The van der Waals surface area contributed by atoms with E-state index < -0.39 is 5.97 Å². The van der Waals surface area contributed by atoms with Crippen molar-refractivity contribution in [1.29, 1.82) is 0 Å². The number of aliphatic carboxylic acids is 1. The van der Waals surface area contributed by atoms with Crippen LogP contribution in [-0.2, 0) is 9.59 Å². The Kier molecular flexibility index (Phi) is 5.17. The van der Waals surface area contributed by atoms with Gasteiger partial charge in [-0.05, 0) is 19.1 Å². The van der Waals surface area contributed by atoms with Crippen LogP contribution in [0.25, 0.3) is 0 Å². The fourth-order valence-corrected chi connectivity index (χ4v) is 1.69. The zero-order valence-corrected chi connectivity index (χ0v) is 11.1. The third-order valence-electron chi connectivity index (χ3n) is 2.62. The lowest BCUT2D eigenvalue weighted by Gasteiger charge is -2.14. The second-order valence-electron chi connectivity index (χ2n) is 3.92. The van der Waals surface area contributed by atoms with E-state index in [0.717, 1.165) is 5.56 Å². The molecule has 104 valence electrons. The van der Waals surface area contributed by atoms with Gasteiger partial charge in [-0.25, -0.2) is 0 Å². The molecule has 1 amide bonds. The summed E-state index contributed by atoms with van der Waals surface area (Å²) < 4.78 is 10.4. The molecule has 0 bridgehead atoms. The van der Waals surface area contributed by atoms with Crippen LogP contribution < -0.4 is 14.8 Å². The van der Waals surface area contributed by atoms with Crippen LogP contribution in [0, 0.1) is 6.92 Å². The normalized spacial score (nSPS) is 9.84. The molecule has 19 heavy (non-hydrogen) atoms. The van der Waals surface area contributed by atoms with E-state index >= 15 is 0 Å². The first-order chi connectivity index (χ1) is 8.99. The van der Waals surface area contributed by atoms with Crippen molar-refractivity contribution < 1.29 is 24.2 Å². The van der Waals surface area contributed by atoms with E-state index in [0.29, 0.717) is 17.2 Å². The maximum Gasteiger partial charge on any atom is 0.303 e. The number of amides is 1. The summed E-state index contributed by atoms with van der Waals surface area (Å²) in [5.41, 5.74) is 1.26. The number of rotatable bonds is 6. The lowest BCUT2D eigenvalue weighted by molar-refractivity contribution is -0.138. The summed E-state index contributed by atoms with van der Waals surface area (Å²) in [6.45, 7) is 1.81. The summed E-state index contributed by atoms with van der Waals surface area (Å²) in [5.74, 6) is -0.221. The van der Waals surface area contributed by atoms with Gasteiger partial charge in [0.15, 0.2) is 0 Å². The fraction of sp³-hybridized carbons (Fsp3) is 0.385. The number of nitrogens with one attached hydrogen (secondary N) is 1. The lowest BCUT2D eigenvalue weighted by atomic mass is 10.1. The van der Waals surface area contributed by atoms with Gasteiger partial charge in [-0.2, -0.15) is 0 Å². The fourth-order valence-electron chi connectivity index (χ4n) is 1.69. The van der Waals surface area contributed by atoms with Crippen LogP contribution in [0.5, 0.6) is 11.5 Å². The van der Waals surface area contributed by atoms with Crippen molar-refractivity contribution in [3.05, 3.63) is 17.7 Å². The molecule has 0 spiro atoms. The number of carbonyl (C=O) groups is 2. The van der Waals surface area contributed by atoms with E-state index in [1.807, 2.05) is 6.92 Å². The number of benzene rings is 1. The van der Waals surface area contributed by atoms with Crippen molar-refractivity contribution in [1.82, 2.24) is 0 Å². The summed E-state index contributed by atoms with van der Waals surface area (Å²) in [7, 11) is 3.04. The molecule has 0 aliphatic heterocycles. The Hall–Kier alpha value is -2.24. The number of carbonyl (C=O) groups excluding carboxylic acids is 1. The Bertz CT molecular complexity index is 484. The molecule has 0 aliphatic carbocycles. The van der Waals surface area contributed by atoms with Crippen molar-refractivity contribution in [2.24, 2.45) is 0 Å². The van der Waals surface area contributed by atoms with E-state index in [9.17, 15) is 9.59 Å². The number of hydrogen-bond donors (Lipinski definition) is 2. The predicted molar refractivity (Wildman–Crippen MR) is 69.8 cm³/mol. The van der Waals surface area contributed by atoms with Crippen LogP contribution in [0.3, 0.4) is 0 Å². The zero-order chi connectivity index (χ0) is 14.4. The number of ether oxygens (including phenoxy) is 2. The maximum absolute atomic E-state index is 11.6. The minimum absolute atomic E-state index is 0.0798. The molecule has 0 fully saturated rings. The molecular weight excluding hydrogens is 250 g/mol. The highest BCUT2D eigenvalue weighted by Gasteiger charge is 2.13. The molecule has 0 heterocycles. The SMILES string of the molecule is COc1ccc(NC(=O)CCC(=O)O)c(OC)c1C. The van der Waals surface area contributed by atoms with Gasteiger partial charge in [-0.1, -0.05) is 0 Å². The minimum Gasteiger partial charge on any atom is -0.496 e. The van der Waals surface area contributed by atoms with Gasteiger partial charge in [0.1, 0.15) is 11.5 Å². The van der Waals surface area contributed by atoms with Gasteiger partial charge in [0.2, 0.25) is 5.91 Å². The van der Waals surface area contributed by atoms with Crippen molar-refractivity contribution in [3.8, 4) is 11.5 Å². The molecule has 0 unspecified atom stereocenters. The molecule has 0 radical (unpaired) electrons. The van der Waals surface area contributed by atoms with Crippen LogP contribution in [0.1, 0.15) is 18.4 Å². The average molecular weight is 267 g/mol. The number of carboxylic acid groups (broad SMARTS) is 1. The molecule has 0 saturated carbocycles. The van der Waals surface area contributed by atoms with E-state index in [1.54, 1.807) is 19.2 Å². The van der Waals surface area contributed by atoms with Gasteiger partial charge in [-0.15, -0.1) is 0 Å². The largest absolute Gasteiger partial charge is 0.496 e. The van der Waals surface area contributed by atoms with Gasteiger partial charge < -0.3 is 19.9 Å². The smallest absolute Gasteiger partial charge is 0.303 e. The first-order valence-electron chi connectivity index (χ1n) is 5.72. The molecule has 2 N–H and O–H groups in total. The maximum atomic E-state index is 11.6. The summed E-state index contributed by atoms with van der Waals surface area (Å²) in [6.07, 6.45) is -0.285. The van der Waals surface area contributed by atoms with E-state index in [1.165, 1.54) is 7.11 Å². The first kappa shape index (κ1) is 14.8. The van der Waals surface area contributed by atoms with Gasteiger partial charge >= 0.3 is 5.97 Å². The second kappa shape index (κ2) is 6.63. The standard InChI is InChI=1S/C13H17NO5/c1-8-10(18-2)5-4-9(13(8)19-3)14-11(15)6-7-12(16)17/h4-5H,6-7H2,1-3H3,(H,14,15)(H,16,17). The molecule has 0 atom stereocenters. The first-order valence-corrected chi connectivity index (χ1v) is 5.72. The molecule has 1 aromatic carbocycles. The van der Waals surface area contributed by atoms with E-state index in [2.05, 4.69) is 5.32 Å². The highest BCUT2D eigenvalue weighted by molar-refractivity contribution is 5.94. The van der Waals surface area contributed by atoms with Gasteiger partial charge in [0.05, 0.1) is 26.3 Å². The number of methoxy groups -OCH3 is 2. The third-order valence-corrected chi connectivity index (χ3v) is 2.62. The Balaban J connectivity index is 2.86. The molecule has 0 aliphatic rings. The molecule has 1 rings (SSSR count). The molecule has 6 nitrogen and oxygen atoms in total. The van der Waals surface area contributed by atoms with Gasteiger partial charge in [0, 0.05) is 12.0 Å². The Morgan fingerprint density at radius 2 is 1.89 bits per heavy atom. The highest BCUT2D eigenvalue weighted by Crippen LogP contribution is 2.34. The average Bonchev–Trinajstić information content (AvgIpc) is 2.37. The Morgan fingerprint density at radius 3 is 2.42 bits per heavy atom. The van der Waals surface area contributed by atoms with Crippen LogP contribution >= 0.6 is 0 Å². The molecular formula is C13H17NO5. The van der Waals surface area contributed by atoms with Crippen molar-refractivity contribution >= 4 is 17.6 Å². The van der Waals surface area contributed by atoms with Crippen LogP contribution in [0.4, 0.5) is 5.69 Å². The summed E-state index contributed by atoms with van der Waals surface area (Å²) in [6, 6.07) is 3.37. The summed E-state index contributed by atoms with van der Waals surface area (Å²) in [5, 5.41) is 11.1. The predicted octanol–water partition coefficient (Wildman–Crippen LogP) is 1.82. The Labute approximate surface area is 111 Å². The lowest BCUT2D eigenvalue weighted by Crippen LogP contribution is -2.14. The van der Waals surface area contributed by atoms with Crippen LogP contribution in [0.2, 0.25) is 0 Å². The van der Waals surface area contributed by atoms with Gasteiger partial charge in [-0.3, -0.25) is 9.59 Å². The molecule has 6 heteroatoms. The molecule has 0 aromatic heterocycles. The van der Waals surface area contributed by atoms with E-state index in [-0.39, 0.29) is 18.7 Å². The number of hydrogen-bond acceptors (Lipinski definition) is 4. The summed E-state index contributed by atoms with van der Waals surface area (Å²) in [4.78, 5) is 22.0. The van der Waals surface area contributed by atoms with Crippen molar-refractivity contribution in [2.75, 3.05) is 19.5 Å². The molecule has 1 aromatic rings. The summed E-state index contributed by atoms with van der Waals surface area (Å²) >= 11 is 0. The minimum atomic E-state index is -1.01. The third kappa shape index (κ3) is 3.87. The number of carboxylic acids is 1. The van der Waals surface area contributed by atoms with Crippen LogP contribution in [0.15, 0.2) is 12.1 Å². The second-order valence-corrected chi connectivity index (χ2v) is 3.92. The van der Waals surface area contributed by atoms with Crippen molar-refractivity contribution in [2.45, 2.75) is 19.8 Å². The topological polar surface area (TPSA) is 84.9 Å². The van der Waals surface area contributed by atoms with E-state index in [4.69, 9.17) is 14.6 Å². The Morgan fingerprint density at radius 1 is 1.21 bits per heavy atom. The monoisotopic (exact) mass is 267 g/mol.